The Kier molecular flexibility index (Phi) is 16.1. The van der Waals surface area contributed by atoms with Gasteiger partial charge < -0.3 is 0 Å². The maximum atomic E-state index is 6.05. The van der Waals surface area contributed by atoms with E-state index in [1.807, 2.05) is 0 Å². The molecule has 5 heteroatoms. The molecule has 0 aromatic rings. The minimum absolute atomic E-state index is 0.459. The first-order chi connectivity index (χ1) is 8.31. The molecule has 0 nitrogen and oxygen atoms in total. The molecule has 0 bridgehead atoms. The molecule has 0 spiro atoms. The molecule has 0 saturated heterocycles. The van der Waals surface area contributed by atoms with Gasteiger partial charge in [0.25, 0.3) is 0 Å². The van der Waals surface area contributed by atoms with Crippen LogP contribution in [0.5, 0.6) is 0 Å². The summed E-state index contributed by atoms with van der Waals surface area (Å²) in [5.74, 6) is 0. The van der Waals surface area contributed by atoms with Gasteiger partial charge in [0.1, 0.15) is 7.28 Å². The van der Waals surface area contributed by atoms with Gasteiger partial charge >= 0.3 is 0 Å². The van der Waals surface area contributed by atoms with Gasteiger partial charge in [-0.2, -0.15) is 0 Å². The average Bonchev–Trinajstić information content (AvgIpc) is 2.34. The second-order valence-electron chi connectivity index (χ2n) is 4.93. The summed E-state index contributed by atoms with van der Waals surface area (Å²) in [5.41, 5.74) is 0. The fourth-order valence-electron chi connectivity index (χ4n) is 1.99. The lowest BCUT2D eigenvalue weighted by molar-refractivity contribution is 0.653. The molecule has 17 heavy (non-hydrogen) atoms. The highest BCUT2D eigenvalue weighted by Crippen LogP contribution is 2.22. The zero-order chi connectivity index (χ0) is 12.8. The van der Waals surface area contributed by atoms with Crippen molar-refractivity contribution in [2.45, 2.75) is 70.7 Å². The number of hydrogen-bond acceptors (Lipinski definition) is 0. The Morgan fingerprint density at radius 3 is 2.47 bits per heavy atom. The zero-order valence-corrected chi connectivity index (χ0v) is 13.7. The minimum Gasteiger partial charge on any atom is -0.115 e. The molecule has 0 amide bonds. The van der Waals surface area contributed by atoms with Crippen LogP contribution in [0.4, 0.5) is 0 Å². The molecule has 0 aliphatic heterocycles. The fraction of sp³-hybridized carbons (Fsp3) is 1.00. The van der Waals surface area contributed by atoms with Gasteiger partial charge in [-0.1, -0.05) is 70.7 Å². The van der Waals surface area contributed by atoms with Crippen molar-refractivity contribution in [3.8, 4) is 0 Å². The Morgan fingerprint density at radius 2 is 1.76 bits per heavy atom. The summed E-state index contributed by atoms with van der Waals surface area (Å²) in [5, 5.41) is 0. The van der Waals surface area contributed by atoms with E-state index in [1.54, 1.807) is 0 Å². The van der Waals surface area contributed by atoms with E-state index in [0.717, 1.165) is 8.27 Å². The summed E-state index contributed by atoms with van der Waals surface area (Å²) in [7, 11) is 12.3. The molecular formula is C12H28B3P2. The molecule has 0 aliphatic carbocycles. The van der Waals surface area contributed by atoms with Gasteiger partial charge in [0.2, 0.25) is 0 Å². The van der Waals surface area contributed by atoms with E-state index < -0.39 is 0 Å². The van der Waals surface area contributed by atoms with Crippen LogP contribution in [0.25, 0.3) is 0 Å². The van der Waals surface area contributed by atoms with Crippen LogP contribution in [0.1, 0.15) is 45.4 Å². The molecule has 2 unspecified atom stereocenters. The lowest BCUT2D eigenvalue weighted by Gasteiger charge is -2.07. The largest absolute Gasteiger partial charge is 0.115 e. The SMILES string of the molecule is [B]B(CCCCCCC[B]CCC)CCPP. The second kappa shape index (κ2) is 15.1. The van der Waals surface area contributed by atoms with E-state index >= 15 is 0 Å². The number of hydrogen-bond donors (Lipinski definition) is 0. The van der Waals surface area contributed by atoms with E-state index in [-0.39, 0.29) is 0 Å². The fourth-order valence-corrected chi connectivity index (χ4v) is 3.02. The number of unbranched alkanes of at least 4 members (excludes halogenated alkanes) is 4. The Hall–Kier alpha value is 1.05. The highest BCUT2D eigenvalue weighted by molar-refractivity contribution is 8.02. The monoisotopic (exact) mass is 267 g/mol. The first-order valence-corrected chi connectivity index (χ1v) is 10.3. The second-order valence-corrected chi connectivity index (χ2v) is 7.06. The van der Waals surface area contributed by atoms with Crippen molar-refractivity contribution >= 4 is 38.8 Å². The zero-order valence-electron chi connectivity index (χ0n) is 11.6. The average molecular weight is 267 g/mol. The van der Waals surface area contributed by atoms with Crippen LogP contribution in [0.15, 0.2) is 0 Å². The van der Waals surface area contributed by atoms with Gasteiger partial charge in [0.05, 0.1) is 6.60 Å². The third-order valence-electron chi connectivity index (χ3n) is 3.14. The predicted molar refractivity (Wildman–Crippen MR) is 92.8 cm³/mol. The van der Waals surface area contributed by atoms with Crippen molar-refractivity contribution in [1.29, 1.82) is 0 Å². The predicted octanol–water partition coefficient (Wildman–Crippen LogP) is 4.52. The first-order valence-electron chi connectivity index (χ1n) is 7.32. The molecule has 0 aliphatic rings. The van der Waals surface area contributed by atoms with E-state index in [2.05, 4.69) is 23.1 Å². The topological polar surface area (TPSA) is 0 Å². The summed E-state index contributed by atoms with van der Waals surface area (Å²) in [4.78, 5) is 0. The lowest BCUT2D eigenvalue weighted by atomic mass is 9.29. The van der Waals surface area contributed by atoms with Crippen LogP contribution in [0, 0.1) is 0 Å². The molecule has 3 radical (unpaired) electrons. The van der Waals surface area contributed by atoms with Crippen LogP contribution in [0.3, 0.4) is 0 Å². The Labute approximate surface area is 116 Å². The van der Waals surface area contributed by atoms with Crippen LogP contribution in [-0.4, -0.2) is 27.8 Å². The van der Waals surface area contributed by atoms with Crippen molar-refractivity contribution in [3.63, 3.8) is 0 Å². The van der Waals surface area contributed by atoms with Crippen LogP contribution < -0.4 is 0 Å². The smallest absolute Gasteiger partial charge is 0.109 e. The van der Waals surface area contributed by atoms with Crippen LogP contribution in [0.2, 0.25) is 25.3 Å². The highest BCUT2D eigenvalue weighted by Gasteiger charge is 2.04. The molecule has 0 rings (SSSR count). The Morgan fingerprint density at radius 1 is 1.06 bits per heavy atom. The van der Waals surface area contributed by atoms with Crippen molar-refractivity contribution in [3.05, 3.63) is 0 Å². The molecule has 0 aromatic heterocycles. The summed E-state index contributed by atoms with van der Waals surface area (Å²) >= 11 is 0. The Balaban J connectivity index is 3.02. The maximum absolute atomic E-state index is 6.05. The van der Waals surface area contributed by atoms with Crippen molar-refractivity contribution in [2.24, 2.45) is 0 Å². The van der Waals surface area contributed by atoms with Crippen molar-refractivity contribution in [1.82, 2.24) is 0 Å². The van der Waals surface area contributed by atoms with E-state index in [4.69, 9.17) is 7.74 Å². The van der Waals surface area contributed by atoms with Gasteiger partial charge in [-0.3, -0.25) is 0 Å². The van der Waals surface area contributed by atoms with Gasteiger partial charge in [-0.15, -0.1) is 17.2 Å². The number of rotatable bonds is 13. The molecule has 0 fully saturated rings. The van der Waals surface area contributed by atoms with Gasteiger partial charge in [-0.25, -0.2) is 0 Å². The molecule has 0 aromatic carbocycles. The molecule has 0 saturated carbocycles. The van der Waals surface area contributed by atoms with Gasteiger partial charge in [-0.05, 0) is 6.16 Å². The van der Waals surface area contributed by atoms with Gasteiger partial charge in [0.15, 0.2) is 0 Å². The summed E-state index contributed by atoms with van der Waals surface area (Å²) in [6, 6.07) is 0. The molecule has 2 atom stereocenters. The van der Waals surface area contributed by atoms with Crippen molar-refractivity contribution in [2.75, 3.05) is 6.16 Å². The van der Waals surface area contributed by atoms with E-state index in [0.29, 0.717) is 6.60 Å². The minimum atomic E-state index is 0.459. The molecule has 0 N–H and O–H groups in total. The third kappa shape index (κ3) is 15.0. The van der Waals surface area contributed by atoms with Gasteiger partial charge in [0, 0.05) is 7.74 Å². The summed E-state index contributed by atoms with van der Waals surface area (Å²) < 4.78 is 0. The third-order valence-corrected chi connectivity index (χ3v) is 4.58. The van der Waals surface area contributed by atoms with Crippen molar-refractivity contribution < 1.29 is 0 Å². The summed E-state index contributed by atoms with van der Waals surface area (Å²) in [6.45, 7) is 2.71. The van der Waals surface area contributed by atoms with E-state index in [9.17, 15) is 0 Å². The lowest BCUT2D eigenvalue weighted by Crippen LogP contribution is -2.12. The van der Waals surface area contributed by atoms with E-state index in [1.165, 1.54) is 70.0 Å². The van der Waals surface area contributed by atoms with Crippen LogP contribution in [-0.2, 0) is 0 Å². The molecular weight excluding hydrogens is 239 g/mol. The quantitative estimate of drug-likeness (QED) is 0.261. The summed E-state index contributed by atoms with van der Waals surface area (Å²) in [6.07, 6.45) is 14.6. The first kappa shape index (κ1) is 18.1. The Bertz CT molecular complexity index is 148. The maximum Gasteiger partial charge on any atom is 0.109 e. The molecule has 95 valence electrons. The van der Waals surface area contributed by atoms with Crippen LogP contribution >= 0.6 is 17.2 Å². The standard InChI is InChI=1S/C12H28B3P2/c1-2-8-14-9-6-4-3-5-7-10-15(13)11-12-17-16/h17H,2-12,16H2,1H3. The normalized spacial score (nSPS) is 11.2. The molecule has 0 heterocycles. The highest BCUT2D eigenvalue weighted by atomic mass is 32.0.